The van der Waals surface area contributed by atoms with Crippen molar-refractivity contribution in [2.45, 2.75) is 26.1 Å². The predicted molar refractivity (Wildman–Crippen MR) is 67.5 cm³/mol. The summed E-state index contributed by atoms with van der Waals surface area (Å²) in [5.41, 5.74) is 14.1. The summed E-state index contributed by atoms with van der Waals surface area (Å²) < 4.78 is 5.69. The molecule has 0 bridgehead atoms. The number of para-hydroxylation sites is 1. The van der Waals surface area contributed by atoms with E-state index in [9.17, 15) is 0 Å². The van der Waals surface area contributed by atoms with Gasteiger partial charge in [0.2, 0.25) is 0 Å². The van der Waals surface area contributed by atoms with Gasteiger partial charge in [0, 0.05) is 13.1 Å². The fourth-order valence-corrected chi connectivity index (χ4v) is 2.22. The first-order chi connectivity index (χ1) is 7.58. The highest BCUT2D eigenvalue weighted by Crippen LogP contribution is 2.30. The molecule has 1 aliphatic heterocycles. The van der Waals surface area contributed by atoms with Gasteiger partial charge in [-0.05, 0) is 26.0 Å². The molecule has 0 aromatic heterocycles. The van der Waals surface area contributed by atoms with Crippen molar-refractivity contribution in [2.75, 3.05) is 29.5 Å². The number of morpholine rings is 1. The molecule has 4 heteroatoms. The first kappa shape index (κ1) is 11.1. The van der Waals surface area contributed by atoms with Gasteiger partial charge in [-0.1, -0.05) is 6.07 Å². The molecule has 1 fully saturated rings. The van der Waals surface area contributed by atoms with Gasteiger partial charge < -0.3 is 21.1 Å². The fourth-order valence-electron chi connectivity index (χ4n) is 2.22. The maximum atomic E-state index is 6.00. The Kier molecular flexibility index (Phi) is 2.92. The third kappa shape index (κ3) is 2.07. The molecule has 2 atom stereocenters. The zero-order valence-corrected chi connectivity index (χ0v) is 9.81. The number of hydrogen-bond acceptors (Lipinski definition) is 4. The van der Waals surface area contributed by atoms with Gasteiger partial charge in [-0.25, -0.2) is 0 Å². The molecule has 0 radical (unpaired) electrons. The Bertz CT molecular complexity index is 371. The summed E-state index contributed by atoms with van der Waals surface area (Å²) >= 11 is 0. The van der Waals surface area contributed by atoms with Gasteiger partial charge in [-0.15, -0.1) is 0 Å². The number of hydrogen-bond donors (Lipinski definition) is 2. The monoisotopic (exact) mass is 221 g/mol. The summed E-state index contributed by atoms with van der Waals surface area (Å²) in [6.07, 6.45) is 0.453. The van der Waals surface area contributed by atoms with E-state index >= 15 is 0 Å². The number of nitrogen functional groups attached to an aromatic ring is 2. The Labute approximate surface area is 96.2 Å². The van der Waals surface area contributed by atoms with Crippen LogP contribution < -0.4 is 16.4 Å². The van der Waals surface area contributed by atoms with Gasteiger partial charge in [0.15, 0.2) is 0 Å². The zero-order chi connectivity index (χ0) is 11.7. The SMILES string of the molecule is C[C@H]1CN(c2cccc(N)c2N)C[C@H](C)O1. The Balaban J connectivity index is 2.26. The molecule has 4 nitrogen and oxygen atoms in total. The van der Waals surface area contributed by atoms with Crippen LogP contribution in [0.15, 0.2) is 18.2 Å². The van der Waals surface area contributed by atoms with Crippen molar-refractivity contribution >= 4 is 17.1 Å². The van der Waals surface area contributed by atoms with E-state index in [1.54, 1.807) is 0 Å². The average molecular weight is 221 g/mol. The molecule has 1 heterocycles. The van der Waals surface area contributed by atoms with Crippen molar-refractivity contribution in [3.05, 3.63) is 18.2 Å². The summed E-state index contributed by atoms with van der Waals surface area (Å²) in [4.78, 5) is 2.24. The first-order valence-electron chi connectivity index (χ1n) is 5.62. The van der Waals surface area contributed by atoms with Gasteiger partial charge in [-0.2, -0.15) is 0 Å². The van der Waals surface area contributed by atoms with E-state index in [1.807, 2.05) is 18.2 Å². The number of ether oxygens (including phenoxy) is 1. The second-order valence-corrected chi connectivity index (χ2v) is 4.44. The van der Waals surface area contributed by atoms with Crippen molar-refractivity contribution in [1.82, 2.24) is 0 Å². The van der Waals surface area contributed by atoms with Crippen LogP contribution in [0.5, 0.6) is 0 Å². The summed E-state index contributed by atoms with van der Waals surface area (Å²) in [5, 5.41) is 0. The predicted octanol–water partition coefficient (Wildman–Crippen LogP) is 1.46. The zero-order valence-electron chi connectivity index (χ0n) is 9.81. The molecule has 0 amide bonds. The number of anilines is 3. The Morgan fingerprint density at radius 3 is 2.44 bits per heavy atom. The highest BCUT2D eigenvalue weighted by atomic mass is 16.5. The Morgan fingerprint density at radius 2 is 1.81 bits per heavy atom. The van der Waals surface area contributed by atoms with E-state index in [0.29, 0.717) is 11.4 Å². The van der Waals surface area contributed by atoms with Gasteiger partial charge >= 0.3 is 0 Å². The van der Waals surface area contributed by atoms with E-state index in [2.05, 4.69) is 18.7 Å². The molecular weight excluding hydrogens is 202 g/mol. The smallest absolute Gasteiger partial charge is 0.0785 e. The minimum Gasteiger partial charge on any atom is -0.397 e. The Hall–Kier alpha value is -1.42. The molecule has 1 aromatic rings. The normalized spacial score (nSPS) is 25.8. The summed E-state index contributed by atoms with van der Waals surface area (Å²) in [7, 11) is 0. The molecule has 16 heavy (non-hydrogen) atoms. The van der Waals surface area contributed by atoms with Crippen LogP contribution in [0.25, 0.3) is 0 Å². The van der Waals surface area contributed by atoms with Gasteiger partial charge in [0.1, 0.15) is 0 Å². The van der Waals surface area contributed by atoms with E-state index in [0.717, 1.165) is 18.8 Å². The molecule has 0 spiro atoms. The highest BCUT2D eigenvalue weighted by molar-refractivity contribution is 5.79. The van der Waals surface area contributed by atoms with Gasteiger partial charge in [-0.3, -0.25) is 0 Å². The molecule has 1 aromatic carbocycles. The second kappa shape index (κ2) is 4.22. The van der Waals surface area contributed by atoms with Crippen molar-refractivity contribution in [3.63, 3.8) is 0 Å². The molecular formula is C12H19N3O. The third-order valence-electron chi connectivity index (χ3n) is 2.88. The van der Waals surface area contributed by atoms with Crippen molar-refractivity contribution in [2.24, 2.45) is 0 Å². The lowest BCUT2D eigenvalue weighted by atomic mass is 10.1. The molecule has 4 N–H and O–H groups in total. The van der Waals surface area contributed by atoms with Crippen LogP contribution in [-0.4, -0.2) is 25.3 Å². The first-order valence-corrected chi connectivity index (χ1v) is 5.62. The van der Waals surface area contributed by atoms with E-state index < -0.39 is 0 Å². The largest absolute Gasteiger partial charge is 0.397 e. The number of nitrogens with two attached hydrogens (primary N) is 2. The minimum atomic E-state index is 0.226. The number of rotatable bonds is 1. The number of nitrogens with zero attached hydrogens (tertiary/aromatic N) is 1. The lowest BCUT2D eigenvalue weighted by molar-refractivity contribution is -0.00516. The highest BCUT2D eigenvalue weighted by Gasteiger charge is 2.23. The lowest BCUT2D eigenvalue weighted by Gasteiger charge is -2.37. The molecule has 0 unspecified atom stereocenters. The molecule has 0 saturated carbocycles. The van der Waals surface area contributed by atoms with Crippen molar-refractivity contribution < 1.29 is 4.74 Å². The van der Waals surface area contributed by atoms with Crippen LogP contribution in [-0.2, 0) is 4.74 Å². The van der Waals surface area contributed by atoms with Crippen LogP contribution in [0.4, 0.5) is 17.1 Å². The van der Waals surface area contributed by atoms with Crippen LogP contribution in [0.3, 0.4) is 0 Å². The van der Waals surface area contributed by atoms with Gasteiger partial charge in [0.05, 0.1) is 29.3 Å². The third-order valence-corrected chi connectivity index (χ3v) is 2.88. The quantitative estimate of drug-likeness (QED) is 0.705. The standard InChI is InChI=1S/C12H19N3O/c1-8-6-15(7-9(2)16-8)11-5-3-4-10(13)12(11)14/h3-5,8-9H,6-7,13-14H2,1-2H3/t8-,9-/m0/s1. The number of benzene rings is 1. The summed E-state index contributed by atoms with van der Waals surface area (Å²) in [6, 6.07) is 5.77. The maximum absolute atomic E-state index is 6.00. The average Bonchev–Trinajstić information content (AvgIpc) is 2.20. The summed E-state index contributed by atoms with van der Waals surface area (Å²) in [5.74, 6) is 0. The van der Waals surface area contributed by atoms with E-state index in [4.69, 9.17) is 16.2 Å². The van der Waals surface area contributed by atoms with Crippen LogP contribution in [0.2, 0.25) is 0 Å². The molecule has 0 aliphatic carbocycles. The topological polar surface area (TPSA) is 64.5 Å². The fraction of sp³-hybridized carbons (Fsp3) is 0.500. The molecule has 1 aliphatic rings. The molecule has 2 rings (SSSR count). The second-order valence-electron chi connectivity index (χ2n) is 4.44. The van der Waals surface area contributed by atoms with Gasteiger partial charge in [0.25, 0.3) is 0 Å². The maximum Gasteiger partial charge on any atom is 0.0785 e. The van der Waals surface area contributed by atoms with E-state index in [-0.39, 0.29) is 12.2 Å². The summed E-state index contributed by atoms with van der Waals surface area (Å²) in [6.45, 7) is 5.87. The molecule has 88 valence electrons. The van der Waals surface area contributed by atoms with Crippen LogP contribution in [0, 0.1) is 0 Å². The lowest BCUT2D eigenvalue weighted by Crippen LogP contribution is -2.45. The minimum absolute atomic E-state index is 0.226. The van der Waals surface area contributed by atoms with Crippen LogP contribution >= 0.6 is 0 Å². The Morgan fingerprint density at radius 1 is 1.19 bits per heavy atom. The van der Waals surface area contributed by atoms with Crippen LogP contribution in [0.1, 0.15) is 13.8 Å². The van der Waals surface area contributed by atoms with Crippen molar-refractivity contribution in [3.8, 4) is 0 Å². The van der Waals surface area contributed by atoms with E-state index in [1.165, 1.54) is 0 Å². The van der Waals surface area contributed by atoms with Crippen molar-refractivity contribution in [1.29, 1.82) is 0 Å². The molecule has 1 saturated heterocycles.